The Balaban J connectivity index is 2.07. The molecular formula is C23H32N4. The zero-order valence-electron chi connectivity index (χ0n) is 17.3. The van der Waals surface area contributed by atoms with Crippen molar-refractivity contribution in [3.63, 3.8) is 0 Å². The molecule has 2 aromatic carbocycles. The Hall–Kier alpha value is -2.30. The predicted octanol–water partition coefficient (Wildman–Crippen LogP) is 3.68. The van der Waals surface area contributed by atoms with Crippen molar-refractivity contribution >= 4 is 10.9 Å². The first-order valence-electron chi connectivity index (χ1n) is 9.67. The second-order valence-corrected chi connectivity index (χ2v) is 7.83. The molecule has 0 atom stereocenters. The molecule has 3 rings (SSSR count). The fourth-order valence-corrected chi connectivity index (χ4v) is 3.37. The minimum atomic E-state index is 0.993. The summed E-state index contributed by atoms with van der Waals surface area (Å²) in [5.41, 5.74) is 5.14. The highest BCUT2D eigenvalue weighted by atomic mass is 15.5. The van der Waals surface area contributed by atoms with E-state index >= 15 is 0 Å². The van der Waals surface area contributed by atoms with Crippen molar-refractivity contribution in [1.82, 2.24) is 14.5 Å². The molecule has 0 saturated carbocycles. The minimum absolute atomic E-state index is 0.993. The molecule has 27 heavy (non-hydrogen) atoms. The van der Waals surface area contributed by atoms with Crippen molar-refractivity contribution in [3.05, 3.63) is 60.3 Å². The SMILES string of the molecule is Cc1ccc2c(c1)c(-c1ccccc1)cn2N(CCN(C)C)CCN(C)C. The summed E-state index contributed by atoms with van der Waals surface area (Å²) >= 11 is 0. The summed E-state index contributed by atoms with van der Waals surface area (Å²) in [5.74, 6) is 0. The molecule has 0 saturated heterocycles. The van der Waals surface area contributed by atoms with Crippen LogP contribution in [0.4, 0.5) is 0 Å². The molecule has 4 heteroatoms. The Morgan fingerprint density at radius 1 is 0.778 bits per heavy atom. The number of hydrogen-bond donors (Lipinski definition) is 0. The van der Waals surface area contributed by atoms with Gasteiger partial charge in [0.15, 0.2) is 0 Å². The van der Waals surface area contributed by atoms with E-state index in [1.807, 2.05) is 0 Å². The standard InChI is InChI=1S/C23H32N4/c1-19-11-12-23-21(17-19)22(20-9-7-6-8-10-20)18-27(23)26(15-13-24(2)3)16-14-25(4)5/h6-12,17-18H,13-16H2,1-5H3. The molecule has 0 amide bonds. The van der Waals surface area contributed by atoms with Crippen LogP contribution in [-0.2, 0) is 0 Å². The van der Waals surface area contributed by atoms with E-state index in [1.54, 1.807) is 0 Å². The minimum Gasteiger partial charge on any atom is -0.310 e. The van der Waals surface area contributed by atoms with E-state index in [4.69, 9.17) is 0 Å². The Kier molecular flexibility index (Phi) is 6.19. The number of aryl methyl sites for hydroxylation is 1. The van der Waals surface area contributed by atoms with Gasteiger partial charge in [0.2, 0.25) is 0 Å². The molecule has 0 fully saturated rings. The maximum absolute atomic E-state index is 2.46. The average molecular weight is 365 g/mol. The molecule has 0 N–H and O–H groups in total. The van der Waals surface area contributed by atoms with Crippen LogP contribution in [0.3, 0.4) is 0 Å². The molecule has 4 nitrogen and oxygen atoms in total. The van der Waals surface area contributed by atoms with Gasteiger partial charge in [0.05, 0.1) is 5.52 Å². The van der Waals surface area contributed by atoms with Crippen molar-refractivity contribution in [2.24, 2.45) is 0 Å². The summed E-state index contributed by atoms with van der Waals surface area (Å²) in [5, 5.41) is 3.78. The molecular weight excluding hydrogens is 332 g/mol. The fraction of sp³-hybridized carbons (Fsp3) is 0.391. The Labute approximate surface area is 163 Å². The van der Waals surface area contributed by atoms with E-state index in [1.165, 1.54) is 27.6 Å². The van der Waals surface area contributed by atoms with Crippen LogP contribution in [-0.4, -0.2) is 68.8 Å². The molecule has 0 radical (unpaired) electrons. The van der Waals surface area contributed by atoms with Gasteiger partial charge in [-0.15, -0.1) is 0 Å². The third kappa shape index (κ3) is 4.71. The van der Waals surface area contributed by atoms with Gasteiger partial charge in [-0.1, -0.05) is 42.0 Å². The lowest BCUT2D eigenvalue weighted by molar-refractivity contribution is 0.368. The van der Waals surface area contributed by atoms with Crippen LogP contribution in [0.25, 0.3) is 22.0 Å². The van der Waals surface area contributed by atoms with Crippen molar-refractivity contribution in [3.8, 4) is 11.1 Å². The highest BCUT2D eigenvalue weighted by Gasteiger charge is 2.15. The molecule has 0 aliphatic carbocycles. The predicted molar refractivity (Wildman–Crippen MR) is 117 cm³/mol. The van der Waals surface area contributed by atoms with Gasteiger partial charge in [-0.2, -0.15) is 0 Å². The molecule has 0 aliphatic rings. The molecule has 1 heterocycles. The maximum atomic E-state index is 2.46. The average Bonchev–Trinajstić information content (AvgIpc) is 3.00. The van der Waals surface area contributed by atoms with Crippen LogP contribution < -0.4 is 5.01 Å². The smallest absolute Gasteiger partial charge is 0.0701 e. The molecule has 0 bridgehead atoms. The van der Waals surface area contributed by atoms with Gasteiger partial charge < -0.3 is 14.8 Å². The van der Waals surface area contributed by atoms with Crippen molar-refractivity contribution in [1.29, 1.82) is 0 Å². The second kappa shape index (κ2) is 8.59. The molecule has 1 aromatic heterocycles. The fourth-order valence-electron chi connectivity index (χ4n) is 3.37. The molecule has 0 unspecified atom stereocenters. The highest BCUT2D eigenvalue weighted by molar-refractivity contribution is 5.96. The van der Waals surface area contributed by atoms with E-state index in [0.29, 0.717) is 0 Å². The number of hydrogen-bond acceptors (Lipinski definition) is 3. The second-order valence-electron chi connectivity index (χ2n) is 7.83. The Morgan fingerprint density at radius 3 is 2.00 bits per heavy atom. The molecule has 0 aliphatic heterocycles. The van der Waals surface area contributed by atoms with Crippen molar-refractivity contribution in [2.75, 3.05) is 59.4 Å². The number of nitrogens with zero attached hydrogens (tertiary/aromatic N) is 4. The van der Waals surface area contributed by atoms with Crippen molar-refractivity contribution in [2.45, 2.75) is 6.92 Å². The number of benzene rings is 2. The Morgan fingerprint density at radius 2 is 1.41 bits per heavy atom. The summed E-state index contributed by atoms with van der Waals surface area (Å²) in [6.45, 7) is 6.21. The van der Waals surface area contributed by atoms with E-state index in [0.717, 1.165) is 26.2 Å². The lowest BCUT2D eigenvalue weighted by Gasteiger charge is -2.29. The van der Waals surface area contributed by atoms with E-state index in [2.05, 4.69) is 109 Å². The first-order valence-corrected chi connectivity index (χ1v) is 9.67. The van der Waals surface area contributed by atoms with Crippen LogP contribution in [0, 0.1) is 6.92 Å². The lowest BCUT2D eigenvalue weighted by atomic mass is 10.0. The lowest BCUT2D eigenvalue weighted by Crippen LogP contribution is -2.43. The molecule has 144 valence electrons. The summed E-state index contributed by atoms with van der Waals surface area (Å²) in [4.78, 5) is 4.49. The quantitative estimate of drug-likeness (QED) is 0.606. The normalized spacial score (nSPS) is 11.7. The van der Waals surface area contributed by atoms with Crippen LogP contribution in [0.1, 0.15) is 5.56 Å². The number of rotatable bonds is 8. The van der Waals surface area contributed by atoms with Gasteiger partial charge in [-0.25, -0.2) is 0 Å². The van der Waals surface area contributed by atoms with Crippen LogP contribution >= 0.6 is 0 Å². The van der Waals surface area contributed by atoms with E-state index in [9.17, 15) is 0 Å². The van der Waals surface area contributed by atoms with Crippen LogP contribution in [0.2, 0.25) is 0 Å². The monoisotopic (exact) mass is 364 g/mol. The van der Waals surface area contributed by atoms with Gasteiger partial charge in [0.25, 0.3) is 0 Å². The Bertz CT molecular complexity index is 853. The topological polar surface area (TPSA) is 14.7 Å². The number of likely N-dealkylation sites (N-methyl/N-ethyl adjacent to an activating group) is 2. The van der Waals surface area contributed by atoms with Gasteiger partial charge >= 0.3 is 0 Å². The van der Waals surface area contributed by atoms with Crippen molar-refractivity contribution < 1.29 is 0 Å². The first-order chi connectivity index (χ1) is 13.0. The first kappa shape index (κ1) is 19.5. The third-order valence-electron chi connectivity index (χ3n) is 4.94. The molecule has 0 spiro atoms. The molecule has 3 aromatic rings. The van der Waals surface area contributed by atoms with Crippen LogP contribution in [0.15, 0.2) is 54.7 Å². The summed E-state index contributed by atoms with van der Waals surface area (Å²) in [6, 6.07) is 17.5. The maximum Gasteiger partial charge on any atom is 0.0701 e. The third-order valence-corrected chi connectivity index (χ3v) is 4.94. The van der Waals surface area contributed by atoms with Gasteiger partial charge in [-0.3, -0.25) is 4.68 Å². The zero-order valence-corrected chi connectivity index (χ0v) is 17.3. The highest BCUT2D eigenvalue weighted by Crippen LogP contribution is 2.31. The zero-order chi connectivity index (χ0) is 19.4. The number of aromatic nitrogens is 1. The van der Waals surface area contributed by atoms with Gasteiger partial charge in [0, 0.05) is 43.3 Å². The largest absolute Gasteiger partial charge is 0.310 e. The van der Waals surface area contributed by atoms with Crippen LogP contribution in [0.5, 0.6) is 0 Å². The number of fused-ring (bicyclic) bond motifs is 1. The van der Waals surface area contributed by atoms with E-state index < -0.39 is 0 Å². The van der Waals surface area contributed by atoms with E-state index in [-0.39, 0.29) is 0 Å². The summed E-state index contributed by atoms with van der Waals surface area (Å²) in [7, 11) is 8.54. The summed E-state index contributed by atoms with van der Waals surface area (Å²) in [6.07, 6.45) is 2.31. The van der Waals surface area contributed by atoms with Gasteiger partial charge in [-0.05, 0) is 52.8 Å². The summed E-state index contributed by atoms with van der Waals surface area (Å²) < 4.78 is 2.37. The van der Waals surface area contributed by atoms with Gasteiger partial charge in [0.1, 0.15) is 0 Å².